The zero-order chi connectivity index (χ0) is 7.73. The summed E-state index contributed by atoms with van der Waals surface area (Å²) in [4.78, 5) is 0. The van der Waals surface area contributed by atoms with Crippen LogP contribution >= 0.6 is 0 Å². The first-order valence-corrected chi connectivity index (χ1v) is 4.92. The van der Waals surface area contributed by atoms with E-state index in [0.717, 1.165) is 0 Å². The molecule has 63 valence electrons. The Morgan fingerprint density at radius 3 is 2.36 bits per heavy atom. The van der Waals surface area contributed by atoms with Gasteiger partial charge in [0.2, 0.25) is 0 Å². The third-order valence-electron chi connectivity index (χ3n) is 3.29. The molecule has 1 aliphatic carbocycles. The van der Waals surface area contributed by atoms with E-state index in [2.05, 4.69) is 12.2 Å². The summed E-state index contributed by atoms with van der Waals surface area (Å²) in [5.41, 5.74) is 0.532. The Morgan fingerprint density at radius 1 is 1.09 bits per heavy atom. The van der Waals surface area contributed by atoms with Crippen LogP contribution in [0.2, 0.25) is 0 Å². The minimum absolute atomic E-state index is 0.532. The second kappa shape index (κ2) is 2.78. The monoisotopic (exact) mass is 152 g/mol. The van der Waals surface area contributed by atoms with Crippen molar-refractivity contribution in [2.24, 2.45) is 0 Å². The van der Waals surface area contributed by atoms with Gasteiger partial charge in [-0.3, -0.25) is 0 Å². The first-order chi connectivity index (χ1) is 5.31. The van der Waals surface area contributed by atoms with E-state index in [4.69, 9.17) is 0 Å². The van der Waals surface area contributed by atoms with Gasteiger partial charge in [0, 0.05) is 11.6 Å². The molecular formula is C10H18N. The Labute approximate surface area is 69.6 Å². The molecule has 1 nitrogen and oxygen atoms in total. The van der Waals surface area contributed by atoms with Gasteiger partial charge in [0.05, 0.1) is 0 Å². The van der Waals surface area contributed by atoms with Crippen molar-refractivity contribution in [3.63, 3.8) is 0 Å². The zero-order valence-electron chi connectivity index (χ0n) is 7.23. The van der Waals surface area contributed by atoms with Gasteiger partial charge in [-0.15, -0.1) is 0 Å². The molecule has 1 unspecified atom stereocenters. The number of nitrogens with one attached hydrogen (secondary N) is 1. The molecule has 11 heavy (non-hydrogen) atoms. The molecule has 0 aromatic carbocycles. The molecule has 0 aromatic rings. The van der Waals surface area contributed by atoms with E-state index in [1.165, 1.54) is 44.9 Å². The first kappa shape index (κ1) is 7.60. The van der Waals surface area contributed by atoms with E-state index in [-0.39, 0.29) is 0 Å². The van der Waals surface area contributed by atoms with E-state index in [1.54, 1.807) is 0 Å². The van der Waals surface area contributed by atoms with Crippen LogP contribution in [-0.2, 0) is 0 Å². The molecule has 2 rings (SSSR count). The lowest BCUT2D eigenvalue weighted by molar-refractivity contribution is 0.258. The number of hydrogen-bond donors (Lipinski definition) is 1. The molecule has 1 aliphatic heterocycles. The molecular weight excluding hydrogens is 134 g/mol. The molecule has 1 saturated carbocycles. The molecule has 1 atom stereocenters. The summed E-state index contributed by atoms with van der Waals surface area (Å²) >= 11 is 0. The largest absolute Gasteiger partial charge is 0.308 e. The molecule has 0 aromatic heterocycles. The summed E-state index contributed by atoms with van der Waals surface area (Å²) in [7, 11) is 0. The fourth-order valence-corrected chi connectivity index (χ4v) is 2.65. The van der Waals surface area contributed by atoms with Crippen molar-refractivity contribution < 1.29 is 0 Å². The van der Waals surface area contributed by atoms with Crippen molar-refractivity contribution in [1.82, 2.24) is 5.32 Å². The normalized spacial score (nSPS) is 36.3. The Balaban J connectivity index is 1.98. The van der Waals surface area contributed by atoms with Gasteiger partial charge in [-0.2, -0.15) is 0 Å². The van der Waals surface area contributed by atoms with Gasteiger partial charge in [-0.05, 0) is 32.6 Å². The maximum atomic E-state index is 4.08. The van der Waals surface area contributed by atoms with Gasteiger partial charge in [0.25, 0.3) is 0 Å². The smallest absolute Gasteiger partial charge is 0.0184 e. The highest BCUT2D eigenvalue weighted by Gasteiger charge is 2.37. The van der Waals surface area contributed by atoms with E-state index >= 15 is 0 Å². The molecule has 1 saturated heterocycles. The Kier molecular flexibility index (Phi) is 1.92. The summed E-state index contributed by atoms with van der Waals surface area (Å²) in [5.74, 6) is 0. The highest BCUT2D eigenvalue weighted by Crippen LogP contribution is 2.36. The molecule has 0 amide bonds. The molecule has 2 fully saturated rings. The molecule has 1 spiro atoms. The van der Waals surface area contributed by atoms with Crippen LogP contribution in [0.3, 0.4) is 0 Å². The Bertz CT molecular complexity index is 130. The maximum Gasteiger partial charge on any atom is 0.0184 e. The lowest BCUT2D eigenvalue weighted by Crippen LogP contribution is -2.43. The van der Waals surface area contributed by atoms with E-state index in [0.29, 0.717) is 11.6 Å². The van der Waals surface area contributed by atoms with Crippen LogP contribution in [-0.4, -0.2) is 11.6 Å². The first-order valence-electron chi connectivity index (χ1n) is 4.92. The molecule has 1 heterocycles. The van der Waals surface area contributed by atoms with Gasteiger partial charge in [0.1, 0.15) is 0 Å². The van der Waals surface area contributed by atoms with Crippen molar-refractivity contribution in [2.45, 2.75) is 56.5 Å². The predicted molar refractivity (Wildman–Crippen MR) is 47.3 cm³/mol. The Hall–Kier alpha value is -0.0400. The summed E-state index contributed by atoms with van der Waals surface area (Å²) in [6.45, 7) is 4.08. The summed E-state index contributed by atoms with van der Waals surface area (Å²) in [5, 5.41) is 3.66. The Morgan fingerprint density at radius 2 is 1.82 bits per heavy atom. The van der Waals surface area contributed by atoms with Crippen LogP contribution in [0.1, 0.15) is 44.9 Å². The van der Waals surface area contributed by atoms with Crippen molar-refractivity contribution in [3.8, 4) is 0 Å². The predicted octanol–water partition coefficient (Wildman–Crippen LogP) is 2.28. The highest BCUT2D eigenvalue weighted by atomic mass is 15.0. The molecule has 2 aliphatic rings. The van der Waals surface area contributed by atoms with Gasteiger partial charge in [0.15, 0.2) is 0 Å². The standard InChI is InChI=1S/C10H18N/c1-9-5-8-10(11-9)6-3-2-4-7-10/h9,11H,1-8H2. The van der Waals surface area contributed by atoms with Crippen molar-refractivity contribution in [2.75, 3.05) is 0 Å². The maximum absolute atomic E-state index is 4.08. The van der Waals surface area contributed by atoms with Crippen LogP contribution in [0.5, 0.6) is 0 Å². The minimum Gasteiger partial charge on any atom is -0.308 e. The van der Waals surface area contributed by atoms with Crippen LogP contribution in [0, 0.1) is 6.92 Å². The second-order valence-corrected chi connectivity index (χ2v) is 4.22. The third kappa shape index (κ3) is 1.44. The average molecular weight is 152 g/mol. The van der Waals surface area contributed by atoms with Crippen LogP contribution < -0.4 is 5.32 Å². The van der Waals surface area contributed by atoms with Crippen LogP contribution in [0.15, 0.2) is 0 Å². The van der Waals surface area contributed by atoms with Crippen molar-refractivity contribution in [3.05, 3.63) is 6.92 Å². The van der Waals surface area contributed by atoms with Gasteiger partial charge >= 0.3 is 0 Å². The third-order valence-corrected chi connectivity index (χ3v) is 3.29. The van der Waals surface area contributed by atoms with E-state index < -0.39 is 0 Å². The van der Waals surface area contributed by atoms with Crippen molar-refractivity contribution in [1.29, 1.82) is 0 Å². The summed E-state index contributed by atoms with van der Waals surface area (Å²) < 4.78 is 0. The highest BCUT2D eigenvalue weighted by molar-refractivity contribution is 4.99. The molecule has 1 N–H and O–H groups in total. The van der Waals surface area contributed by atoms with Gasteiger partial charge < -0.3 is 5.32 Å². The van der Waals surface area contributed by atoms with E-state index in [9.17, 15) is 0 Å². The molecule has 1 heteroatoms. The fraction of sp³-hybridized carbons (Fsp3) is 0.900. The topological polar surface area (TPSA) is 12.0 Å². The number of rotatable bonds is 0. The lowest BCUT2D eigenvalue weighted by atomic mass is 9.81. The van der Waals surface area contributed by atoms with E-state index in [1.807, 2.05) is 0 Å². The number of hydrogen-bond acceptors (Lipinski definition) is 1. The molecule has 1 radical (unpaired) electrons. The molecule has 0 bridgehead atoms. The van der Waals surface area contributed by atoms with Crippen LogP contribution in [0.4, 0.5) is 0 Å². The van der Waals surface area contributed by atoms with Gasteiger partial charge in [-0.1, -0.05) is 19.3 Å². The minimum atomic E-state index is 0.532. The lowest BCUT2D eigenvalue weighted by Gasteiger charge is -2.34. The quantitative estimate of drug-likeness (QED) is 0.561. The van der Waals surface area contributed by atoms with Crippen molar-refractivity contribution >= 4 is 0 Å². The summed E-state index contributed by atoms with van der Waals surface area (Å²) in [6, 6.07) is 0.535. The fourth-order valence-electron chi connectivity index (χ4n) is 2.65. The SMILES string of the molecule is [CH2]C1CCC2(CCCCC2)N1. The van der Waals surface area contributed by atoms with Gasteiger partial charge in [-0.25, -0.2) is 0 Å². The second-order valence-electron chi connectivity index (χ2n) is 4.22. The summed E-state index contributed by atoms with van der Waals surface area (Å²) in [6.07, 6.45) is 9.78. The zero-order valence-corrected chi connectivity index (χ0v) is 7.23. The van der Waals surface area contributed by atoms with Crippen LogP contribution in [0.25, 0.3) is 0 Å². The average Bonchev–Trinajstić information content (AvgIpc) is 2.34.